The van der Waals surface area contributed by atoms with Crippen molar-refractivity contribution in [3.05, 3.63) is 23.8 Å². The van der Waals surface area contributed by atoms with Gasteiger partial charge in [0.2, 0.25) is 0 Å². The first kappa shape index (κ1) is 20.8. The molecule has 1 N–H and O–H groups in total. The van der Waals surface area contributed by atoms with E-state index in [1.54, 1.807) is 14.2 Å². The molecule has 1 aromatic rings. The van der Waals surface area contributed by atoms with Crippen LogP contribution in [0.15, 0.2) is 18.2 Å². The fraction of sp³-hybridized carbons (Fsp3) is 0.533. The molecule has 124 valence electrons. The van der Waals surface area contributed by atoms with Crippen LogP contribution >= 0.6 is 24.8 Å². The van der Waals surface area contributed by atoms with Gasteiger partial charge in [-0.2, -0.15) is 5.26 Å². The third-order valence-electron chi connectivity index (χ3n) is 3.68. The molecule has 1 fully saturated rings. The Morgan fingerprint density at radius 1 is 1.23 bits per heavy atom. The molecule has 1 atom stereocenters. The molecule has 1 aromatic carbocycles. The number of hydrogen-bond donors (Lipinski definition) is 1. The summed E-state index contributed by atoms with van der Waals surface area (Å²) >= 11 is 0. The number of rotatable bonds is 5. The Morgan fingerprint density at radius 3 is 2.45 bits per heavy atom. The van der Waals surface area contributed by atoms with Gasteiger partial charge in [-0.1, -0.05) is 6.07 Å². The molecule has 0 amide bonds. The number of nitrogens with zero attached hydrogens (tertiary/aromatic N) is 2. The standard InChI is InChI=1S/C15H21N3O2.2ClH/c1-19-12-3-4-13(15(11-12)20-2)14(5-6-16)18-9-7-17-8-10-18;;/h3-4,11,14,17H,5,7-10H2,1-2H3;2*1H/t14-;;/m1../s1. The van der Waals surface area contributed by atoms with Crippen molar-refractivity contribution in [3.63, 3.8) is 0 Å². The highest BCUT2D eigenvalue weighted by atomic mass is 35.5. The predicted molar refractivity (Wildman–Crippen MR) is 91.5 cm³/mol. The number of piperazine rings is 1. The van der Waals surface area contributed by atoms with Crippen LogP contribution in [0.2, 0.25) is 0 Å². The van der Waals surface area contributed by atoms with E-state index in [0.29, 0.717) is 6.42 Å². The predicted octanol–water partition coefficient (Wildman–Crippen LogP) is 2.41. The molecule has 1 heterocycles. The van der Waals surface area contributed by atoms with Crippen LogP contribution in [-0.2, 0) is 0 Å². The minimum absolute atomic E-state index is 0. The monoisotopic (exact) mass is 347 g/mol. The van der Waals surface area contributed by atoms with Gasteiger partial charge in [-0.25, -0.2) is 0 Å². The zero-order valence-corrected chi connectivity index (χ0v) is 14.5. The first-order valence-corrected chi connectivity index (χ1v) is 6.83. The van der Waals surface area contributed by atoms with Crippen LogP contribution in [0.25, 0.3) is 0 Å². The number of halogens is 2. The Kier molecular flexibility index (Phi) is 9.95. The molecule has 0 bridgehead atoms. The van der Waals surface area contributed by atoms with Crippen molar-refractivity contribution < 1.29 is 9.47 Å². The molecule has 5 nitrogen and oxygen atoms in total. The smallest absolute Gasteiger partial charge is 0.127 e. The van der Waals surface area contributed by atoms with Crippen LogP contribution in [0.5, 0.6) is 11.5 Å². The topological polar surface area (TPSA) is 57.5 Å². The molecule has 0 unspecified atom stereocenters. The summed E-state index contributed by atoms with van der Waals surface area (Å²) in [5, 5.41) is 12.5. The van der Waals surface area contributed by atoms with Crippen LogP contribution in [0.1, 0.15) is 18.0 Å². The van der Waals surface area contributed by atoms with Crippen molar-refractivity contribution >= 4 is 24.8 Å². The highest BCUT2D eigenvalue weighted by Crippen LogP contribution is 2.34. The second-order valence-electron chi connectivity index (χ2n) is 4.77. The van der Waals surface area contributed by atoms with E-state index in [2.05, 4.69) is 16.3 Å². The first-order valence-electron chi connectivity index (χ1n) is 6.83. The van der Waals surface area contributed by atoms with Gasteiger partial charge >= 0.3 is 0 Å². The van der Waals surface area contributed by atoms with Gasteiger partial charge in [0.1, 0.15) is 11.5 Å². The maximum atomic E-state index is 9.14. The van der Waals surface area contributed by atoms with E-state index in [1.807, 2.05) is 18.2 Å². The van der Waals surface area contributed by atoms with E-state index >= 15 is 0 Å². The summed E-state index contributed by atoms with van der Waals surface area (Å²) in [5.41, 5.74) is 1.05. The Hall–Kier alpha value is -1.19. The lowest BCUT2D eigenvalue weighted by Crippen LogP contribution is -2.45. The zero-order chi connectivity index (χ0) is 14.4. The van der Waals surface area contributed by atoms with Gasteiger partial charge in [0, 0.05) is 37.8 Å². The molecule has 0 spiro atoms. The molecule has 1 aliphatic rings. The number of nitriles is 1. The molecular weight excluding hydrogens is 325 g/mol. The summed E-state index contributed by atoms with van der Waals surface area (Å²) in [6.07, 6.45) is 0.461. The Labute approximate surface area is 144 Å². The molecule has 0 aromatic heterocycles. The summed E-state index contributed by atoms with van der Waals surface area (Å²) in [6.45, 7) is 3.81. The van der Waals surface area contributed by atoms with Crippen molar-refractivity contribution in [2.45, 2.75) is 12.5 Å². The average Bonchev–Trinajstić information content (AvgIpc) is 2.53. The van der Waals surface area contributed by atoms with E-state index in [9.17, 15) is 0 Å². The molecule has 1 aliphatic heterocycles. The normalized spacial score (nSPS) is 15.7. The maximum absolute atomic E-state index is 9.14. The fourth-order valence-corrected chi connectivity index (χ4v) is 2.61. The third kappa shape index (κ3) is 4.92. The molecule has 0 aliphatic carbocycles. The number of ether oxygens (including phenoxy) is 2. The Bertz CT molecular complexity index is 488. The van der Waals surface area contributed by atoms with E-state index in [4.69, 9.17) is 14.7 Å². The molecule has 1 saturated heterocycles. The van der Waals surface area contributed by atoms with E-state index in [-0.39, 0.29) is 30.9 Å². The third-order valence-corrected chi connectivity index (χ3v) is 3.68. The van der Waals surface area contributed by atoms with Gasteiger partial charge in [-0.15, -0.1) is 24.8 Å². The minimum atomic E-state index is 0. The van der Waals surface area contributed by atoms with Gasteiger partial charge in [0.15, 0.2) is 0 Å². The average molecular weight is 348 g/mol. The SMILES string of the molecule is COc1ccc([C@@H](CC#N)N2CCNCC2)c(OC)c1.Cl.Cl. The van der Waals surface area contributed by atoms with E-state index in [0.717, 1.165) is 43.2 Å². The van der Waals surface area contributed by atoms with Crippen LogP contribution in [-0.4, -0.2) is 45.3 Å². The summed E-state index contributed by atoms with van der Waals surface area (Å²) in [6, 6.07) is 8.17. The molecule has 2 rings (SSSR count). The Morgan fingerprint density at radius 2 is 1.91 bits per heavy atom. The van der Waals surface area contributed by atoms with Gasteiger partial charge in [-0.05, 0) is 6.07 Å². The highest BCUT2D eigenvalue weighted by Gasteiger charge is 2.24. The van der Waals surface area contributed by atoms with Crippen molar-refractivity contribution in [2.24, 2.45) is 0 Å². The van der Waals surface area contributed by atoms with Gasteiger partial charge in [0.05, 0.1) is 32.8 Å². The molecule has 22 heavy (non-hydrogen) atoms. The van der Waals surface area contributed by atoms with Crippen molar-refractivity contribution in [2.75, 3.05) is 40.4 Å². The van der Waals surface area contributed by atoms with Crippen LogP contribution in [0, 0.1) is 11.3 Å². The molecule has 0 saturated carbocycles. The van der Waals surface area contributed by atoms with Gasteiger partial charge < -0.3 is 14.8 Å². The minimum Gasteiger partial charge on any atom is -0.497 e. The van der Waals surface area contributed by atoms with Crippen LogP contribution in [0.4, 0.5) is 0 Å². The zero-order valence-electron chi connectivity index (χ0n) is 12.9. The largest absolute Gasteiger partial charge is 0.497 e. The van der Waals surface area contributed by atoms with Crippen molar-refractivity contribution in [1.29, 1.82) is 5.26 Å². The second kappa shape index (κ2) is 10.5. The summed E-state index contributed by atoms with van der Waals surface area (Å²) in [5.74, 6) is 1.55. The summed E-state index contributed by atoms with van der Waals surface area (Å²) < 4.78 is 10.7. The van der Waals surface area contributed by atoms with Crippen molar-refractivity contribution in [3.8, 4) is 17.6 Å². The fourth-order valence-electron chi connectivity index (χ4n) is 2.61. The van der Waals surface area contributed by atoms with Crippen LogP contribution < -0.4 is 14.8 Å². The lowest BCUT2D eigenvalue weighted by atomic mass is 10.0. The second-order valence-corrected chi connectivity index (χ2v) is 4.77. The Balaban J connectivity index is 0.00000220. The summed E-state index contributed by atoms with van der Waals surface area (Å²) in [7, 11) is 3.29. The number of nitrogens with one attached hydrogen (secondary N) is 1. The number of methoxy groups -OCH3 is 2. The maximum Gasteiger partial charge on any atom is 0.127 e. The van der Waals surface area contributed by atoms with Gasteiger partial charge in [-0.3, -0.25) is 4.90 Å². The molecule has 0 radical (unpaired) electrons. The van der Waals surface area contributed by atoms with Crippen molar-refractivity contribution in [1.82, 2.24) is 10.2 Å². The van der Waals surface area contributed by atoms with E-state index < -0.39 is 0 Å². The highest BCUT2D eigenvalue weighted by molar-refractivity contribution is 5.85. The lowest BCUT2D eigenvalue weighted by molar-refractivity contribution is 0.172. The molecule has 7 heteroatoms. The quantitative estimate of drug-likeness (QED) is 0.886. The first-order chi connectivity index (χ1) is 9.80. The number of benzene rings is 1. The number of hydrogen-bond acceptors (Lipinski definition) is 5. The van der Waals surface area contributed by atoms with E-state index in [1.165, 1.54) is 0 Å². The summed E-state index contributed by atoms with van der Waals surface area (Å²) in [4.78, 5) is 2.34. The molecular formula is C15H23Cl2N3O2. The van der Waals surface area contributed by atoms with Gasteiger partial charge in [0.25, 0.3) is 0 Å². The lowest BCUT2D eigenvalue weighted by Gasteiger charge is -2.34. The van der Waals surface area contributed by atoms with Crippen LogP contribution in [0.3, 0.4) is 0 Å².